The summed E-state index contributed by atoms with van der Waals surface area (Å²) in [5, 5.41) is 13.1. The third kappa shape index (κ3) is 2.84. The van der Waals surface area contributed by atoms with Crippen LogP contribution in [0.1, 0.15) is 42.4 Å². The summed E-state index contributed by atoms with van der Waals surface area (Å²) in [6, 6.07) is 6.61. The van der Waals surface area contributed by atoms with Gasteiger partial charge >= 0.3 is 5.97 Å². The highest BCUT2D eigenvalue weighted by Gasteiger charge is 2.48. The monoisotopic (exact) mass is 287 g/mol. The van der Waals surface area contributed by atoms with Crippen LogP contribution in [0.2, 0.25) is 0 Å². The van der Waals surface area contributed by atoms with E-state index < -0.39 is 5.97 Å². The van der Waals surface area contributed by atoms with E-state index in [2.05, 4.69) is 37.4 Å². The Kier molecular flexibility index (Phi) is 4.03. The average molecular weight is 287 g/mol. The van der Waals surface area contributed by atoms with Crippen LogP contribution in [-0.4, -0.2) is 17.1 Å². The summed E-state index contributed by atoms with van der Waals surface area (Å²) in [6.45, 7) is 5.00. The molecule has 0 spiro atoms. The number of rotatable bonds is 4. The molecule has 114 valence electrons. The highest BCUT2D eigenvalue weighted by atomic mass is 16.4. The van der Waals surface area contributed by atoms with Crippen LogP contribution in [0, 0.1) is 31.6 Å². The molecule has 0 heterocycles. The number of carbonyl (C=O) groups is 1. The van der Waals surface area contributed by atoms with Crippen molar-refractivity contribution < 1.29 is 9.90 Å². The second kappa shape index (κ2) is 5.80. The minimum Gasteiger partial charge on any atom is -0.481 e. The molecular formula is C18H25NO2. The van der Waals surface area contributed by atoms with E-state index in [1.165, 1.54) is 29.5 Å². The van der Waals surface area contributed by atoms with Gasteiger partial charge in [0.15, 0.2) is 0 Å². The maximum absolute atomic E-state index is 11.6. The number of carboxylic acids is 1. The molecule has 3 rings (SSSR count). The zero-order chi connectivity index (χ0) is 15.0. The highest BCUT2D eigenvalue weighted by Crippen LogP contribution is 2.47. The molecule has 3 heteroatoms. The number of aryl methyl sites for hydroxylation is 2. The Morgan fingerprint density at radius 1 is 1.33 bits per heavy atom. The van der Waals surface area contributed by atoms with E-state index in [0.29, 0.717) is 11.8 Å². The van der Waals surface area contributed by atoms with Crippen molar-refractivity contribution >= 4 is 5.97 Å². The smallest absolute Gasteiger partial charge is 0.308 e. The first kappa shape index (κ1) is 14.6. The second-order valence-electron chi connectivity index (χ2n) is 6.87. The predicted octanol–water partition coefficient (Wildman–Crippen LogP) is 3.28. The first-order chi connectivity index (χ1) is 10.1. The van der Waals surface area contributed by atoms with Gasteiger partial charge in [0.25, 0.3) is 0 Å². The third-order valence-electron chi connectivity index (χ3n) is 5.51. The molecule has 1 aromatic rings. The zero-order valence-electron chi connectivity index (χ0n) is 12.9. The van der Waals surface area contributed by atoms with Crippen LogP contribution in [0.4, 0.5) is 0 Å². The lowest BCUT2D eigenvalue weighted by molar-refractivity contribution is -0.143. The minimum absolute atomic E-state index is 0.138. The Balaban J connectivity index is 1.68. The van der Waals surface area contributed by atoms with Crippen molar-refractivity contribution in [2.45, 2.75) is 52.1 Å². The van der Waals surface area contributed by atoms with E-state index in [1.807, 2.05) is 0 Å². The van der Waals surface area contributed by atoms with Crippen molar-refractivity contribution in [2.24, 2.45) is 17.8 Å². The van der Waals surface area contributed by atoms with Crippen molar-refractivity contribution in [3.05, 3.63) is 34.9 Å². The molecule has 21 heavy (non-hydrogen) atoms. The SMILES string of the molecule is Cc1ccc(CNC2CC3CCCC3[C@H]2C(=O)O)c(C)c1. The molecule has 0 aromatic heterocycles. The Hall–Kier alpha value is -1.35. The van der Waals surface area contributed by atoms with Gasteiger partial charge in [0, 0.05) is 12.6 Å². The normalized spacial score (nSPS) is 31.3. The number of carboxylic acid groups (broad SMARTS) is 1. The highest BCUT2D eigenvalue weighted by molar-refractivity contribution is 5.72. The van der Waals surface area contributed by atoms with Gasteiger partial charge in [0.05, 0.1) is 5.92 Å². The Labute approximate surface area is 126 Å². The molecule has 2 saturated carbocycles. The lowest BCUT2D eigenvalue weighted by Gasteiger charge is -2.21. The van der Waals surface area contributed by atoms with Gasteiger partial charge in [-0.1, -0.05) is 36.6 Å². The van der Waals surface area contributed by atoms with Crippen LogP contribution in [0.15, 0.2) is 18.2 Å². The van der Waals surface area contributed by atoms with Crippen LogP contribution in [0.25, 0.3) is 0 Å². The quantitative estimate of drug-likeness (QED) is 0.893. The molecule has 2 fully saturated rings. The average Bonchev–Trinajstić information content (AvgIpc) is 2.96. The molecule has 2 aliphatic carbocycles. The van der Waals surface area contributed by atoms with Crippen LogP contribution in [0.5, 0.6) is 0 Å². The summed E-state index contributed by atoms with van der Waals surface area (Å²) in [4.78, 5) is 11.6. The van der Waals surface area contributed by atoms with E-state index in [1.54, 1.807) is 0 Å². The predicted molar refractivity (Wildman–Crippen MR) is 83.1 cm³/mol. The van der Waals surface area contributed by atoms with Gasteiger partial charge in [-0.3, -0.25) is 4.79 Å². The fraction of sp³-hybridized carbons (Fsp3) is 0.611. The van der Waals surface area contributed by atoms with Gasteiger partial charge in [0.2, 0.25) is 0 Å². The molecular weight excluding hydrogens is 262 g/mol. The molecule has 4 atom stereocenters. The summed E-state index contributed by atoms with van der Waals surface area (Å²) < 4.78 is 0. The molecule has 2 aliphatic rings. The molecule has 0 saturated heterocycles. The maximum Gasteiger partial charge on any atom is 0.308 e. The molecule has 0 bridgehead atoms. The van der Waals surface area contributed by atoms with Crippen LogP contribution in [0.3, 0.4) is 0 Å². The van der Waals surface area contributed by atoms with Gasteiger partial charge in [-0.15, -0.1) is 0 Å². The molecule has 3 unspecified atom stereocenters. The molecule has 0 radical (unpaired) electrons. The van der Waals surface area contributed by atoms with Gasteiger partial charge < -0.3 is 10.4 Å². The van der Waals surface area contributed by atoms with Crippen molar-refractivity contribution in [3.63, 3.8) is 0 Å². The fourth-order valence-electron chi connectivity index (χ4n) is 4.45. The molecule has 0 aliphatic heterocycles. The van der Waals surface area contributed by atoms with Crippen LogP contribution >= 0.6 is 0 Å². The van der Waals surface area contributed by atoms with Gasteiger partial charge in [-0.2, -0.15) is 0 Å². The Bertz CT molecular complexity index is 540. The Morgan fingerprint density at radius 2 is 2.14 bits per heavy atom. The standard InChI is InChI=1S/C18H25NO2/c1-11-6-7-14(12(2)8-11)10-19-16-9-13-4-3-5-15(13)17(16)18(20)21/h6-8,13,15-17,19H,3-5,9-10H2,1-2H3,(H,20,21)/t13?,15?,16?,17-/m1/s1. The number of fused-ring (bicyclic) bond motifs is 1. The summed E-state index contributed by atoms with van der Waals surface area (Å²) in [5.41, 5.74) is 3.84. The van der Waals surface area contributed by atoms with Gasteiger partial charge in [0.1, 0.15) is 0 Å². The topological polar surface area (TPSA) is 49.3 Å². The van der Waals surface area contributed by atoms with E-state index >= 15 is 0 Å². The number of benzene rings is 1. The van der Waals surface area contributed by atoms with Crippen molar-refractivity contribution in [3.8, 4) is 0 Å². The number of nitrogens with one attached hydrogen (secondary N) is 1. The molecule has 0 amide bonds. The first-order valence-electron chi connectivity index (χ1n) is 8.08. The van der Waals surface area contributed by atoms with E-state index in [-0.39, 0.29) is 12.0 Å². The molecule has 1 aromatic carbocycles. The fourth-order valence-corrected chi connectivity index (χ4v) is 4.45. The third-order valence-corrected chi connectivity index (χ3v) is 5.51. The van der Waals surface area contributed by atoms with Crippen LogP contribution in [-0.2, 0) is 11.3 Å². The number of hydrogen-bond donors (Lipinski definition) is 2. The maximum atomic E-state index is 11.6. The Morgan fingerprint density at radius 3 is 2.86 bits per heavy atom. The van der Waals surface area contributed by atoms with Crippen molar-refractivity contribution in [2.75, 3.05) is 0 Å². The van der Waals surface area contributed by atoms with Crippen molar-refractivity contribution in [1.82, 2.24) is 5.32 Å². The molecule has 3 nitrogen and oxygen atoms in total. The number of hydrogen-bond acceptors (Lipinski definition) is 2. The van der Waals surface area contributed by atoms with Crippen LogP contribution < -0.4 is 5.32 Å². The molecule has 2 N–H and O–H groups in total. The summed E-state index contributed by atoms with van der Waals surface area (Å²) >= 11 is 0. The first-order valence-corrected chi connectivity index (χ1v) is 8.08. The van der Waals surface area contributed by atoms with E-state index in [0.717, 1.165) is 19.4 Å². The van der Waals surface area contributed by atoms with E-state index in [9.17, 15) is 9.90 Å². The largest absolute Gasteiger partial charge is 0.481 e. The lowest BCUT2D eigenvalue weighted by atomic mass is 9.91. The minimum atomic E-state index is -0.609. The summed E-state index contributed by atoms with van der Waals surface area (Å²) in [5.74, 6) is 0.229. The van der Waals surface area contributed by atoms with E-state index in [4.69, 9.17) is 0 Å². The second-order valence-corrected chi connectivity index (χ2v) is 6.87. The summed E-state index contributed by atoms with van der Waals surface area (Å²) in [7, 11) is 0. The van der Waals surface area contributed by atoms with Gasteiger partial charge in [-0.05, 0) is 49.7 Å². The van der Waals surface area contributed by atoms with Crippen molar-refractivity contribution in [1.29, 1.82) is 0 Å². The van der Waals surface area contributed by atoms with Gasteiger partial charge in [-0.25, -0.2) is 0 Å². The zero-order valence-corrected chi connectivity index (χ0v) is 12.9. The summed E-state index contributed by atoms with van der Waals surface area (Å²) in [6.07, 6.45) is 4.56. The number of aliphatic carboxylic acids is 1. The lowest BCUT2D eigenvalue weighted by Crippen LogP contribution is -2.38.